The maximum absolute atomic E-state index is 12.5. The van der Waals surface area contributed by atoms with Crippen LogP contribution >= 0.6 is 0 Å². The van der Waals surface area contributed by atoms with Crippen LogP contribution in [-0.2, 0) is 14.2 Å². The minimum Gasteiger partial charge on any atom is -0.450 e. The average Bonchev–Trinajstić information content (AvgIpc) is 2.56. The zero-order chi connectivity index (χ0) is 21.4. The number of hydrogen-bond donors (Lipinski definition) is 1. The zero-order valence-electron chi connectivity index (χ0n) is 18.8. The minimum atomic E-state index is -1.28. The van der Waals surface area contributed by atoms with E-state index in [1.165, 1.54) is 4.90 Å². The van der Waals surface area contributed by atoms with Gasteiger partial charge in [-0.25, -0.2) is 9.59 Å². The molecule has 1 N–H and O–H groups in total. The van der Waals surface area contributed by atoms with Crippen LogP contribution in [0.3, 0.4) is 0 Å². The summed E-state index contributed by atoms with van der Waals surface area (Å²) < 4.78 is 16.3. The Bertz CT molecular complexity index is 496. The van der Waals surface area contributed by atoms with E-state index >= 15 is 0 Å². The van der Waals surface area contributed by atoms with Crippen molar-refractivity contribution in [3.8, 4) is 0 Å². The second kappa shape index (κ2) is 11.0. The molecule has 164 valence electrons. The number of nitrogens with one attached hydrogen (secondary N) is 1. The highest BCUT2D eigenvalue weighted by Crippen LogP contribution is 2.21. The molecule has 1 rings (SSSR count). The van der Waals surface area contributed by atoms with Gasteiger partial charge in [-0.15, -0.1) is 0 Å². The number of carbonyl (C=O) groups is 2. The molecule has 1 saturated heterocycles. The fraction of sp³-hybridized carbons (Fsp3) is 0.900. The molecule has 0 spiro atoms. The highest BCUT2D eigenvalue weighted by atomic mass is 28.3. The number of rotatable bonds is 8. The van der Waals surface area contributed by atoms with E-state index in [2.05, 4.69) is 25.0 Å². The van der Waals surface area contributed by atoms with E-state index in [1.54, 1.807) is 7.05 Å². The predicted octanol–water partition coefficient (Wildman–Crippen LogP) is 4.45. The molecular formula is C20H40N2O5Si. The van der Waals surface area contributed by atoms with Crippen molar-refractivity contribution >= 4 is 20.3 Å². The molecule has 1 heterocycles. The monoisotopic (exact) mass is 416 g/mol. The molecule has 1 aliphatic heterocycles. The van der Waals surface area contributed by atoms with Gasteiger partial charge in [-0.05, 0) is 58.4 Å². The Balaban J connectivity index is 2.65. The van der Waals surface area contributed by atoms with Crippen molar-refractivity contribution in [2.24, 2.45) is 5.92 Å². The molecule has 0 radical (unpaired) electrons. The standard InChI is InChI=1S/C20H40N2O5Si/c1-20(2,3)27-18(23)21-17(11-10-16-9-8-12-25-15-16)22(4)19(24)26-13-14-28(5,6)7/h16-17H,8-15H2,1-7H3,(H,21,23)/t16-,17+/m1/s1. The zero-order valence-corrected chi connectivity index (χ0v) is 19.8. The van der Waals surface area contributed by atoms with Crippen LogP contribution in [0.15, 0.2) is 0 Å². The first-order valence-electron chi connectivity index (χ1n) is 10.3. The van der Waals surface area contributed by atoms with Crippen LogP contribution in [-0.4, -0.2) is 63.8 Å². The quantitative estimate of drug-likeness (QED) is 0.467. The first-order chi connectivity index (χ1) is 12.9. The number of hydrogen-bond acceptors (Lipinski definition) is 5. The summed E-state index contributed by atoms with van der Waals surface area (Å²) in [6.07, 6.45) is 2.25. The fourth-order valence-electron chi connectivity index (χ4n) is 2.91. The SMILES string of the molecule is CN(C(=O)OCC[Si](C)(C)C)[C@@H](CC[C@H]1CCCOC1)NC(=O)OC(C)(C)C. The highest BCUT2D eigenvalue weighted by Gasteiger charge is 2.27. The van der Waals surface area contributed by atoms with Crippen molar-refractivity contribution in [1.82, 2.24) is 10.2 Å². The van der Waals surface area contributed by atoms with Gasteiger partial charge >= 0.3 is 12.2 Å². The lowest BCUT2D eigenvalue weighted by Gasteiger charge is -2.31. The number of alkyl carbamates (subject to hydrolysis) is 1. The molecule has 0 aliphatic carbocycles. The number of ether oxygens (including phenoxy) is 3. The maximum Gasteiger partial charge on any atom is 0.411 e. The lowest BCUT2D eigenvalue weighted by atomic mass is 9.96. The van der Waals surface area contributed by atoms with E-state index < -0.39 is 32.0 Å². The van der Waals surface area contributed by atoms with Crippen LogP contribution < -0.4 is 5.32 Å². The van der Waals surface area contributed by atoms with Gasteiger partial charge in [-0.2, -0.15) is 0 Å². The minimum absolute atomic E-state index is 0.411. The van der Waals surface area contributed by atoms with Crippen LogP contribution in [0.4, 0.5) is 9.59 Å². The molecule has 0 bridgehead atoms. The summed E-state index contributed by atoms with van der Waals surface area (Å²) in [5.41, 5.74) is -0.595. The molecular weight excluding hydrogens is 376 g/mol. The summed E-state index contributed by atoms with van der Waals surface area (Å²) in [6, 6.07) is 0.913. The topological polar surface area (TPSA) is 77.1 Å². The largest absolute Gasteiger partial charge is 0.450 e. The third kappa shape index (κ3) is 10.9. The van der Waals surface area contributed by atoms with E-state index in [9.17, 15) is 9.59 Å². The van der Waals surface area contributed by atoms with Gasteiger partial charge in [0, 0.05) is 28.3 Å². The normalized spacial score (nSPS) is 18.9. The molecule has 1 aliphatic rings. The lowest BCUT2D eigenvalue weighted by molar-refractivity contribution is 0.0341. The van der Waals surface area contributed by atoms with Crippen molar-refractivity contribution < 1.29 is 23.8 Å². The Kier molecular flexibility index (Phi) is 9.76. The Morgan fingerprint density at radius 2 is 1.96 bits per heavy atom. The Labute approximate surface area is 171 Å². The maximum atomic E-state index is 12.5. The Hall–Kier alpha value is -1.28. The van der Waals surface area contributed by atoms with Gasteiger partial charge in [-0.3, -0.25) is 4.90 Å². The fourth-order valence-corrected chi connectivity index (χ4v) is 3.62. The molecule has 7 nitrogen and oxygen atoms in total. The van der Waals surface area contributed by atoms with Gasteiger partial charge in [0.1, 0.15) is 11.8 Å². The first-order valence-corrected chi connectivity index (χ1v) is 14.0. The first kappa shape index (κ1) is 24.8. The third-order valence-corrected chi connectivity index (χ3v) is 6.32. The summed E-state index contributed by atoms with van der Waals surface area (Å²) in [5.74, 6) is 0.452. The van der Waals surface area contributed by atoms with Gasteiger partial charge in [0.25, 0.3) is 0 Å². The van der Waals surface area contributed by atoms with Crippen LogP contribution in [0.25, 0.3) is 0 Å². The van der Waals surface area contributed by atoms with E-state index in [4.69, 9.17) is 14.2 Å². The van der Waals surface area contributed by atoms with Crippen molar-refractivity contribution in [3.05, 3.63) is 0 Å². The molecule has 0 unspecified atom stereocenters. The van der Waals surface area contributed by atoms with Crippen LogP contribution in [0, 0.1) is 5.92 Å². The summed E-state index contributed by atoms with van der Waals surface area (Å²) in [4.78, 5) is 26.2. The molecule has 0 saturated carbocycles. The van der Waals surface area contributed by atoms with E-state index in [0.29, 0.717) is 18.9 Å². The van der Waals surface area contributed by atoms with Crippen molar-refractivity contribution in [3.63, 3.8) is 0 Å². The van der Waals surface area contributed by atoms with Gasteiger partial charge < -0.3 is 19.5 Å². The molecule has 2 atom stereocenters. The number of carbonyl (C=O) groups excluding carboxylic acids is 2. The van der Waals surface area contributed by atoms with Gasteiger partial charge in [0.15, 0.2) is 0 Å². The van der Waals surface area contributed by atoms with Crippen molar-refractivity contribution in [1.29, 1.82) is 0 Å². The Morgan fingerprint density at radius 1 is 1.29 bits per heavy atom. The van der Waals surface area contributed by atoms with Gasteiger partial charge in [0.05, 0.1) is 6.61 Å². The van der Waals surface area contributed by atoms with Crippen LogP contribution in [0.5, 0.6) is 0 Å². The molecule has 0 aromatic heterocycles. The number of nitrogens with zero attached hydrogens (tertiary/aromatic N) is 1. The van der Waals surface area contributed by atoms with Crippen LogP contribution in [0.1, 0.15) is 46.5 Å². The highest BCUT2D eigenvalue weighted by molar-refractivity contribution is 6.76. The van der Waals surface area contributed by atoms with Crippen molar-refractivity contribution in [2.45, 2.75) is 83.9 Å². The van der Waals surface area contributed by atoms with Gasteiger partial charge in [0.2, 0.25) is 0 Å². The molecule has 0 aromatic carbocycles. The summed E-state index contributed by atoms with van der Waals surface area (Å²) >= 11 is 0. The molecule has 28 heavy (non-hydrogen) atoms. The lowest BCUT2D eigenvalue weighted by Crippen LogP contribution is -2.50. The molecule has 0 aromatic rings. The smallest absolute Gasteiger partial charge is 0.411 e. The second-order valence-corrected chi connectivity index (χ2v) is 15.5. The average molecular weight is 417 g/mol. The predicted molar refractivity (Wildman–Crippen MR) is 113 cm³/mol. The van der Waals surface area contributed by atoms with Gasteiger partial charge in [-0.1, -0.05) is 19.6 Å². The van der Waals surface area contributed by atoms with Crippen molar-refractivity contribution in [2.75, 3.05) is 26.9 Å². The summed E-state index contributed by atoms with van der Waals surface area (Å²) in [5, 5.41) is 2.83. The third-order valence-electron chi connectivity index (χ3n) is 4.62. The second-order valence-electron chi connectivity index (χ2n) is 9.86. The van der Waals surface area contributed by atoms with E-state index in [0.717, 1.165) is 38.5 Å². The summed E-state index contributed by atoms with van der Waals surface area (Å²) in [6.45, 7) is 14.1. The van der Waals surface area contributed by atoms with Crippen LogP contribution in [0.2, 0.25) is 25.7 Å². The number of amides is 2. The molecule has 1 fully saturated rings. The summed E-state index contributed by atoms with van der Waals surface area (Å²) in [7, 11) is 0.387. The Morgan fingerprint density at radius 3 is 2.50 bits per heavy atom. The molecule has 8 heteroatoms. The van der Waals surface area contributed by atoms with E-state index in [1.807, 2.05) is 20.8 Å². The molecule has 2 amide bonds. The van der Waals surface area contributed by atoms with E-state index in [-0.39, 0.29) is 0 Å².